The summed E-state index contributed by atoms with van der Waals surface area (Å²) in [6.07, 6.45) is 0.940. The summed E-state index contributed by atoms with van der Waals surface area (Å²) in [6, 6.07) is 15.7. The van der Waals surface area contributed by atoms with Crippen LogP contribution in [0, 0.1) is 6.92 Å². The minimum absolute atomic E-state index is 0.103. The van der Waals surface area contributed by atoms with Crippen LogP contribution in [0.25, 0.3) is 10.9 Å². The molecule has 7 nitrogen and oxygen atoms in total. The van der Waals surface area contributed by atoms with E-state index in [4.69, 9.17) is 21.7 Å². The maximum Gasteiger partial charge on any atom is 0.253 e. The van der Waals surface area contributed by atoms with Gasteiger partial charge in [0.05, 0.1) is 26.9 Å². The molecule has 4 rings (SSSR count). The number of aromatic nitrogens is 1. The molecule has 2 N–H and O–H groups in total. The molecule has 0 spiro atoms. The van der Waals surface area contributed by atoms with Gasteiger partial charge >= 0.3 is 0 Å². The van der Waals surface area contributed by atoms with Crippen LogP contribution in [0.3, 0.4) is 0 Å². The van der Waals surface area contributed by atoms with Gasteiger partial charge in [0, 0.05) is 48.3 Å². The van der Waals surface area contributed by atoms with Gasteiger partial charge < -0.3 is 24.7 Å². The van der Waals surface area contributed by atoms with Crippen molar-refractivity contribution in [2.75, 3.05) is 51.8 Å². The van der Waals surface area contributed by atoms with E-state index in [1.807, 2.05) is 36.4 Å². The number of nitrogens with zero attached hydrogens (tertiary/aromatic N) is 2. The average molecular weight is 481 g/mol. The highest BCUT2D eigenvalue weighted by Gasteiger charge is 2.16. The number of hydrogen-bond acceptors (Lipinski definition) is 5. The lowest BCUT2D eigenvalue weighted by molar-refractivity contribution is 0.0367. The zero-order chi connectivity index (χ0) is 23.9. The van der Waals surface area contributed by atoms with Crippen LogP contribution >= 0.6 is 12.2 Å². The largest absolute Gasteiger partial charge is 0.497 e. The van der Waals surface area contributed by atoms with Crippen molar-refractivity contribution in [2.45, 2.75) is 19.9 Å². The SMILES string of the molecule is COc1ccc2[nH]c(=O)c(CN(CCCN3CCOCC3)C(=S)Nc3ccc(C)cc3)cc2c1. The van der Waals surface area contributed by atoms with Gasteiger partial charge in [-0.15, -0.1) is 0 Å². The summed E-state index contributed by atoms with van der Waals surface area (Å²) < 4.78 is 10.8. The molecule has 0 atom stereocenters. The van der Waals surface area contributed by atoms with Crippen LogP contribution < -0.4 is 15.6 Å². The number of ether oxygens (including phenoxy) is 2. The molecule has 0 bridgehead atoms. The minimum Gasteiger partial charge on any atom is -0.497 e. The van der Waals surface area contributed by atoms with Crippen LogP contribution in [0.15, 0.2) is 53.3 Å². The number of nitrogens with one attached hydrogen (secondary N) is 2. The molecule has 1 aliphatic rings. The van der Waals surface area contributed by atoms with Crippen molar-refractivity contribution >= 4 is 33.9 Å². The Hall–Kier alpha value is -2.94. The minimum atomic E-state index is -0.103. The van der Waals surface area contributed by atoms with Gasteiger partial charge in [-0.2, -0.15) is 0 Å². The van der Waals surface area contributed by atoms with E-state index in [0.717, 1.165) is 68.2 Å². The maximum absolute atomic E-state index is 12.9. The second-order valence-electron chi connectivity index (χ2n) is 8.60. The third-order valence-electron chi connectivity index (χ3n) is 6.09. The molecular weight excluding hydrogens is 448 g/mol. The molecule has 1 aromatic heterocycles. The average Bonchev–Trinajstić information content (AvgIpc) is 2.85. The van der Waals surface area contributed by atoms with Gasteiger partial charge in [-0.05, 0) is 62.0 Å². The number of morpholine rings is 1. The molecule has 3 aromatic rings. The van der Waals surface area contributed by atoms with Gasteiger partial charge in [0.1, 0.15) is 5.75 Å². The number of aryl methyl sites for hydroxylation is 1. The maximum atomic E-state index is 12.9. The summed E-state index contributed by atoms with van der Waals surface area (Å²) in [6.45, 7) is 7.67. The van der Waals surface area contributed by atoms with Crippen molar-refractivity contribution in [3.05, 3.63) is 70.0 Å². The highest BCUT2D eigenvalue weighted by Crippen LogP contribution is 2.20. The summed E-state index contributed by atoms with van der Waals surface area (Å²) in [4.78, 5) is 20.3. The Kier molecular flexibility index (Phi) is 8.16. The zero-order valence-electron chi connectivity index (χ0n) is 19.8. The zero-order valence-corrected chi connectivity index (χ0v) is 20.6. The van der Waals surface area contributed by atoms with E-state index in [2.05, 4.69) is 39.2 Å². The van der Waals surface area contributed by atoms with E-state index in [0.29, 0.717) is 17.2 Å². The Labute approximate surface area is 205 Å². The van der Waals surface area contributed by atoms with Crippen LogP contribution in [0.5, 0.6) is 5.75 Å². The number of hydrogen-bond donors (Lipinski definition) is 2. The molecule has 180 valence electrons. The molecule has 0 amide bonds. The van der Waals surface area contributed by atoms with E-state index < -0.39 is 0 Å². The highest BCUT2D eigenvalue weighted by molar-refractivity contribution is 7.80. The Balaban J connectivity index is 1.52. The molecule has 2 heterocycles. The summed E-state index contributed by atoms with van der Waals surface area (Å²) in [5.41, 5.74) is 3.48. The summed E-state index contributed by atoms with van der Waals surface area (Å²) in [7, 11) is 1.64. The van der Waals surface area contributed by atoms with E-state index in [1.165, 1.54) is 5.56 Å². The van der Waals surface area contributed by atoms with Crippen molar-refractivity contribution in [1.82, 2.24) is 14.8 Å². The molecule has 0 unspecified atom stereocenters. The van der Waals surface area contributed by atoms with Crippen LogP contribution in [-0.4, -0.2) is 66.4 Å². The first-order valence-electron chi connectivity index (χ1n) is 11.6. The second kappa shape index (κ2) is 11.5. The monoisotopic (exact) mass is 480 g/mol. The number of pyridine rings is 1. The number of rotatable bonds is 8. The molecule has 0 saturated carbocycles. The second-order valence-corrected chi connectivity index (χ2v) is 8.99. The van der Waals surface area contributed by atoms with E-state index >= 15 is 0 Å². The fourth-order valence-electron chi connectivity index (χ4n) is 4.08. The molecule has 34 heavy (non-hydrogen) atoms. The predicted octanol–water partition coefficient (Wildman–Crippen LogP) is 3.77. The number of methoxy groups -OCH3 is 1. The molecule has 8 heteroatoms. The van der Waals surface area contributed by atoms with Gasteiger partial charge in [-0.1, -0.05) is 17.7 Å². The topological polar surface area (TPSA) is 69.8 Å². The number of aromatic amines is 1. The fourth-order valence-corrected chi connectivity index (χ4v) is 4.36. The van der Waals surface area contributed by atoms with Gasteiger partial charge in [0.15, 0.2) is 5.11 Å². The summed E-state index contributed by atoms with van der Waals surface area (Å²) in [5.74, 6) is 0.754. The lowest BCUT2D eigenvalue weighted by Gasteiger charge is -2.29. The van der Waals surface area contributed by atoms with Gasteiger partial charge in [-0.3, -0.25) is 9.69 Å². The van der Waals surface area contributed by atoms with Crippen molar-refractivity contribution in [2.24, 2.45) is 0 Å². The standard InChI is InChI=1S/C26H32N4O3S/c1-19-4-6-22(7-5-19)27-26(34)30(11-3-10-29-12-14-33-15-13-29)18-21-16-20-17-23(32-2)8-9-24(20)28-25(21)31/h4-9,16-17H,3,10-15,18H2,1-2H3,(H,27,34)(H,28,31). The number of benzene rings is 2. The van der Waals surface area contributed by atoms with Crippen LogP contribution in [0.1, 0.15) is 17.5 Å². The first kappa shape index (κ1) is 24.2. The Bertz CT molecular complexity index is 1170. The van der Waals surface area contributed by atoms with Crippen LogP contribution in [-0.2, 0) is 11.3 Å². The van der Waals surface area contributed by atoms with E-state index in [1.54, 1.807) is 7.11 Å². The predicted molar refractivity (Wildman–Crippen MR) is 141 cm³/mol. The summed E-state index contributed by atoms with van der Waals surface area (Å²) >= 11 is 5.79. The van der Waals surface area contributed by atoms with E-state index in [-0.39, 0.29) is 5.56 Å². The molecule has 1 saturated heterocycles. The number of H-pyrrole nitrogens is 1. The molecular formula is C26H32N4O3S. The fraction of sp³-hybridized carbons (Fsp3) is 0.385. The first-order valence-corrected chi connectivity index (χ1v) is 12.1. The quantitative estimate of drug-likeness (QED) is 0.476. The summed E-state index contributed by atoms with van der Waals surface area (Å²) in [5, 5.41) is 4.88. The van der Waals surface area contributed by atoms with Crippen molar-refractivity contribution in [3.8, 4) is 5.75 Å². The van der Waals surface area contributed by atoms with Crippen molar-refractivity contribution in [3.63, 3.8) is 0 Å². The number of fused-ring (bicyclic) bond motifs is 1. The lowest BCUT2D eigenvalue weighted by Crippen LogP contribution is -2.40. The smallest absolute Gasteiger partial charge is 0.253 e. The molecule has 1 fully saturated rings. The molecule has 2 aromatic carbocycles. The molecule has 1 aliphatic heterocycles. The van der Waals surface area contributed by atoms with Crippen molar-refractivity contribution in [1.29, 1.82) is 0 Å². The van der Waals surface area contributed by atoms with Gasteiger partial charge in [0.25, 0.3) is 5.56 Å². The normalized spacial score (nSPS) is 14.2. The third-order valence-corrected chi connectivity index (χ3v) is 6.45. The number of anilines is 1. The molecule has 0 aliphatic carbocycles. The Morgan fingerprint density at radius 3 is 2.68 bits per heavy atom. The van der Waals surface area contributed by atoms with Gasteiger partial charge in [-0.25, -0.2) is 0 Å². The Morgan fingerprint density at radius 2 is 1.94 bits per heavy atom. The first-order chi connectivity index (χ1) is 16.5. The molecule has 0 radical (unpaired) electrons. The third kappa shape index (κ3) is 6.34. The number of thiocarbonyl (C=S) groups is 1. The lowest BCUT2D eigenvalue weighted by atomic mass is 10.1. The van der Waals surface area contributed by atoms with E-state index in [9.17, 15) is 4.79 Å². The van der Waals surface area contributed by atoms with Gasteiger partial charge in [0.2, 0.25) is 0 Å². The van der Waals surface area contributed by atoms with Crippen LogP contribution in [0.2, 0.25) is 0 Å². The van der Waals surface area contributed by atoms with Crippen LogP contribution in [0.4, 0.5) is 5.69 Å². The van der Waals surface area contributed by atoms with Crippen molar-refractivity contribution < 1.29 is 9.47 Å². The Morgan fingerprint density at radius 1 is 1.18 bits per heavy atom. The highest BCUT2D eigenvalue weighted by atomic mass is 32.1.